The molecule has 3 aliphatic rings. The van der Waals surface area contributed by atoms with E-state index in [1.54, 1.807) is 0 Å². The Morgan fingerprint density at radius 1 is 1.12 bits per heavy atom. The quantitative estimate of drug-likeness (QED) is 0.707. The molecule has 0 aromatic rings. The monoisotopic (exact) mass is 409 g/mol. The second kappa shape index (κ2) is 11.7. The zero-order valence-corrected chi connectivity index (χ0v) is 17.6. The number of ether oxygens (including phenoxy) is 1. The Kier molecular flexibility index (Phi) is 10.8. The van der Waals surface area contributed by atoms with Crippen LogP contribution in [-0.4, -0.2) is 56.2 Å². The van der Waals surface area contributed by atoms with Gasteiger partial charge in [-0.15, -0.1) is 24.8 Å². The number of nitrogens with one attached hydrogen (secondary N) is 1. The largest absolute Gasteiger partial charge is 0.381 e. The van der Waals surface area contributed by atoms with Crippen LogP contribution in [0.2, 0.25) is 0 Å². The molecule has 0 spiro atoms. The smallest absolute Gasteiger partial charge is 0.220 e. The fourth-order valence-electron chi connectivity index (χ4n) is 4.73. The van der Waals surface area contributed by atoms with E-state index in [1.165, 1.54) is 25.7 Å². The first-order valence-corrected chi connectivity index (χ1v) is 9.99. The van der Waals surface area contributed by atoms with Crippen LogP contribution in [-0.2, 0) is 9.53 Å². The van der Waals surface area contributed by atoms with Crippen molar-refractivity contribution in [2.45, 2.75) is 63.8 Å². The van der Waals surface area contributed by atoms with E-state index in [1.807, 2.05) is 0 Å². The average Bonchev–Trinajstić information content (AvgIpc) is 3.10. The van der Waals surface area contributed by atoms with Gasteiger partial charge in [0, 0.05) is 38.7 Å². The molecule has 26 heavy (non-hydrogen) atoms. The minimum Gasteiger partial charge on any atom is -0.381 e. The molecule has 2 aliphatic heterocycles. The van der Waals surface area contributed by atoms with E-state index >= 15 is 0 Å². The maximum Gasteiger partial charge on any atom is 0.220 e. The number of amides is 1. The molecular formula is C19H37Cl2N3O2. The van der Waals surface area contributed by atoms with Crippen LogP contribution < -0.4 is 11.1 Å². The molecule has 1 amide bonds. The van der Waals surface area contributed by atoms with Gasteiger partial charge in [0.15, 0.2) is 0 Å². The highest BCUT2D eigenvalue weighted by Crippen LogP contribution is 2.38. The highest BCUT2D eigenvalue weighted by Gasteiger charge is 2.34. The van der Waals surface area contributed by atoms with Crippen molar-refractivity contribution in [3.63, 3.8) is 0 Å². The third-order valence-electron chi connectivity index (χ3n) is 6.38. The van der Waals surface area contributed by atoms with Gasteiger partial charge in [0.05, 0.1) is 6.61 Å². The first-order chi connectivity index (χ1) is 11.7. The summed E-state index contributed by atoms with van der Waals surface area (Å²) in [7, 11) is 0. The lowest BCUT2D eigenvalue weighted by molar-refractivity contribution is -0.124. The molecule has 2 saturated heterocycles. The lowest BCUT2D eigenvalue weighted by atomic mass is 9.71. The molecule has 3 N–H and O–H groups in total. The molecule has 1 unspecified atom stereocenters. The fraction of sp³-hybridized carbons (Fsp3) is 0.947. The highest BCUT2D eigenvalue weighted by atomic mass is 35.5. The van der Waals surface area contributed by atoms with Gasteiger partial charge in [-0.1, -0.05) is 19.3 Å². The number of piperidine rings is 1. The summed E-state index contributed by atoms with van der Waals surface area (Å²) in [5.74, 6) is 0.942. The van der Waals surface area contributed by atoms with Gasteiger partial charge >= 0.3 is 0 Å². The van der Waals surface area contributed by atoms with Crippen LogP contribution in [0, 0.1) is 11.3 Å². The molecule has 0 aromatic carbocycles. The number of carbonyl (C=O) groups is 1. The maximum absolute atomic E-state index is 12.5. The van der Waals surface area contributed by atoms with Crippen molar-refractivity contribution in [1.82, 2.24) is 10.2 Å². The van der Waals surface area contributed by atoms with Crippen LogP contribution >= 0.6 is 24.8 Å². The van der Waals surface area contributed by atoms with Crippen molar-refractivity contribution in [1.29, 1.82) is 0 Å². The Morgan fingerprint density at radius 2 is 1.81 bits per heavy atom. The standard InChI is InChI=1S/C19H35N3O2.2ClH/c20-15-19(7-2-1-3-8-19)12-18(23)21-17-4-9-22(10-5-17)13-16-6-11-24-14-16;;/h16-17H,1-15,20H2,(H,21,23);2*1H. The van der Waals surface area contributed by atoms with Crippen LogP contribution in [0.4, 0.5) is 0 Å². The number of nitrogens with two attached hydrogens (primary N) is 1. The lowest BCUT2D eigenvalue weighted by Crippen LogP contribution is -2.47. The molecule has 3 rings (SSSR count). The van der Waals surface area contributed by atoms with Crippen molar-refractivity contribution in [3.05, 3.63) is 0 Å². The lowest BCUT2D eigenvalue weighted by Gasteiger charge is -2.37. The molecule has 1 aliphatic carbocycles. The molecule has 0 aromatic heterocycles. The fourth-order valence-corrected chi connectivity index (χ4v) is 4.73. The maximum atomic E-state index is 12.5. The van der Waals surface area contributed by atoms with Gasteiger partial charge in [0.1, 0.15) is 0 Å². The summed E-state index contributed by atoms with van der Waals surface area (Å²) in [4.78, 5) is 15.1. The molecule has 5 nitrogen and oxygen atoms in total. The summed E-state index contributed by atoms with van der Waals surface area (Å²) in [6.45, 7) is 5.88. The van der Waals surface area contributed by atoms with E-state index < -0.39 is 0 Å². The molecule has 0 bridgehead atoms. The van der Waals surface area contributed by atoms with E-state index in [9.17, 15) is 4.79 Å². The van der Waals surface area contributed by atoms with Gasteiger partial charge in [-0.3, -0.25) is 4.79 Å². The average molecular weight is 410 g/mol. The van der Waals surface area contributed by atoms with E-state index in [4.69, 9.17) is 10.5 Å². The van der Waals surface area contributed by atoms with Crippen molar-refractivity contribution in [2.75, 3.05) is 39.4 Å². The third-order valence-corrected chi connectivity index (χ3v) is 6.38. The molecule has 2 heterocycles. The van der Waals surface area contributed by atoms with Crippen LogP contribution in [0.5, 0.6) is 0 Å². The van der Waals surface area contributed by atoms with Gasteiger partial charge in [-0.25, -0.2) is 0 Å². The second-order valence-corrected chi connectivity index (χ2v) is 8.31. The van der Waals surface area contributed by atoms with Crippen molar-refractivity contribution >= 4 is 30.7 Å². The van der Waals surface area contributed by atoms with Gasteiger partial charge in [-0.05, 0) is 50.0 Å². The first kappa shape index (κ1) is 24.0. The topological polar surface area (TPSA) is 67.6 Å². The van der Waals surface area contributed by atoms with Crippen LogP contribution in [0.1, 0.15) is 57.8 Å². The number of rotatable bonds is 6. The van der Waals surface area contributed by atoms with Gasteiger partial charge in [-0.2, -0.15) is 0 Å². The summed E-state index contributed by atoms with van der Waals surface area (Å²) in [6.07, 6.45) is 10.00. The third kappa shape index (κ3) is 6.83. The number of hydrogen-bond donors (Lipinski definition) is 2. The Hall–Kier alpha value is -0.0700. The minimum atomic E-state index is 0. The second-order valence-electron chi connectivity index (χ2n) is 8.31. The Bertz CT molecular complexity index is 406. The molecule has 3 fully saturated rings. The molecule has 1 saturated carbocycles. The number of carbonyl (C=O) groups excluding carboxylic acids is 1. The van der Waals surface area contributed by atoms with Crippen LogP contribution in [0.3, 0.4) is 0 Å². The van der Waals surface area contributed by atoms with Crippen molar-refractivity contribution in [2.24, 2.45) is 17.1 Å². The Labute approximate surface area is 171 Å². The van der Waals surface area contributed by atoms with Gasteiger partial charge in [0.2, 0.25) is 5.91 Å². The molecule has 1 atom stereocenters. The summed E-state index contributed by atoms with van der Waals surface area (Å²) >= 11 is 0. The summed E-state index contributed by atoms with van der Waals surface area (Å²) < 4.78 is 5.47. The Balaban J connectivity index is 0.00000169. The normalized spacial score (nSPS) is 26.6. The Morgan fingerprint density at radius 3 is 2.38 bits per heavy atom. The molecule has 154 valence electrons. The number of halogens is 2. The highest BCUT2D eigenvalue weighted by molar-refractivity contribution is 5.85. The summed E-state index contributed by atoms with van der Waals surface area (Å²) in [6, 6.07) is 0.354. The van der Waals surface area contributed by atoms with Gasteiger partial charge in [0.25, 0.3) is 0 Å². The van der Waals surface area contributed by atoms with Crippen molar-refractivity contribution < 1.29 is 9.53 Å². The van der Waals surface area contributed by atoms with E-state index in [0.29, 0.717) is 24.9 Å². The SMILES string of the molecule is Cl.Cl.NCC1(CC(=O)NC2CCN(CC3CCOC3)CC2)CCCCC1. The van der Waals surface area contributed by atoms with E-state index in [-0.39, 0.29) is 36.1 Å². The zero-order chi connectivity index (χ0) is 16.8. The molecule has 7 heteroatoms. The van der Waals surface area contributed by atoms with Gasteiger partial charge < -0.3 is 20.7 Å². The zero-order valence-electron chi connectivity index (χ0n) is 15.9. The van der Waals surface area contributed by atoms with Crippen LogP contribution in [0.25, 0.3) is 0 Å². The van der Waals surface area contributed by atoms with E-state index in [0.717, 1.165) is 58.5 Å². The molecule has 0 radical (unpaired) electrons. The number of nitrogens with zero attached hydrogens (tertiary/aromatic N) is 1. The summed E-state index contributed by atoms with van der Waals surface area (Å²) in [5.41, 5.74) is 6.09. The summed E-state index contributed by atoms with van der Waals surface area (Å²) in [5, 5.41) is 3.29. The van der Waals surface area contributed by atoms with Crippen LogP contribution in [0.15, 0.2) is 0 Å². The number of likely N-dealkylation sites (tertiary alicyclic amines) is 1. The van der Waals surface area contributed by atoms with Crippen molar-refractivity contribution in [3.8, 4) is 0 Å². The first-order valence-electron chi connectivity index (χ1n) is 9.99. The number of hydrogen-bond acceptors (Lipinski definition) is 4. The van der Waals surface area contributed by atoms with E-state index in [2.05, 4.69) is 10.2 Å². The minimum absolute atomic E-state index is 0. The predicted molar refractivity (Wildman–Crippen MR) is 110 cm³/mol. The predicted octanol–water partition coefficient (Wildman–Crippen LogP) is 2.75. The molecular weight excluding hydrogens is 373 g/mol.